The summed E-state index contributed by atoms with van der Waals surface area (Å²) in [4.78, 5) is 0. The lowest BCUT2D eigenvalue weighted by Crippen LogP contribution is -2.42. The molecule has 1 unspecified atom stereocenters. The summed E-state index contributed by atoms with van der Waals surface area (Å²) < 4.78 is 50.0. The summed E-state index contributed by atoms with van der Waals surface area (Å²) in [6.07, 6.45) is 2.12. The first kappa shape index (κ1) is 16.6. The van der Waals surface area contributed by atoms with Crippen LogP contribution >= 0.6 is 0 Å². The Labute approximate surface area is 135 Å². The van der Waals surface area contributed by atoms with E-state index in [4.69, 9.17) is 9.47 Å². The van der Waals surface area contributed by atoms with Crippen LogP contribution in [-0.2, 0) is 19.5 Å². The van der Waals surface area contributed by atoms with Crippen LogP contribution in [-0.4, -0.2) is 57.5 Å². The zero-order valence-corrected chi connectivity index (χ0v) is 13.6. The van der Waals surface area contributed by atoms with E-state index in [0.717, 1.165) is 11.1 Å². The van der Waals surface area contributed by atoms with E-state index in [1.54, 1.807) is 12.1 Å². The molecule has 23 heavy (non-hydrogen) atoms. The van der Waals surface area contributed by atoms with Gasteiger partial charge in [0.05, 0.1) is 31.7 Å². The van der Waals surface area contributed by atoms with Crippen LogP contribution in [0.1, 0.15) is 12.0 Å². The van der Waals surface area contributed by atoms with Crippen molar-refractivity contribution in [3.05, 3.63) is 41.7 Å². The first-order valence-corrected chi connectivity index (χ1v) is 9.28. The van der Waals surface area contributed by atoms with Crippen LogP contribution in [0.4, 0.5) is 4.39 Å². The molecular weight excluding hydrogens is 321 g/mol. The fourth-order valence-corrected chi connectivity index (χ4v) is 4.35. The minimum atomic E-state index is -3.37. The number of nitrogens with zero attached hydrogens (tertiary/aromatic N) is 1. The molecule has 1 aromatic rings. The molecule has 1 fully saturated rings. The summed E-state index contributed by atoms with van der Waals surface area (Å²) in [6, 6.07) is 6.27. The normalized spacial score (nSPS) is 23.5. The molecule has 2 aliphatic rings. The lowest BCUT2D eigenvalue weighted by atomic mass is 10.0. The Morgan fingerprint density at radius 2 is 2.00 bits per heavy atom. The summed E-state index contributed by atoms with van der Waals surface area (Å²) >= 11 is 0. The molecule has 0 N–H and O–H groups in total. The summed E-state index contributed by atoms with van der Waals surface area (Å²) in [5.41, 5.74) is 1.99. The number of hydrogen-bond donors (Lipinski definition) is 0. The van der Waals surface area contributed by atoms with Crippen LogP contribution in [0.2, 0.25) is 0 Å². The van der Waals surface area contributed by atoms with Crippen LogP contribution in [0.25, 0.3) is 5.57 Å². The van der Waals surface area contributed by atoms with Crippen LogP contribution in [0.5, 0.6) is 0 Å². The molecular formula is C16H20FNO4S. The molecule has 7 heteroatoms. The van der Waals surface area contributed by atoms with Crippen molar-refractivity contribution in [3.8, 4) is 0 Å². The molecule has 3 rings (SSSR count). The van der Waals surface area contributed by atoms with Gasteiger partial charge in [-0.2, -0.15) is 4.31 Å². The first-order chi connectivity index (χ1) is 11.0. The molecule has 126 valence electrons. The fraction of sp³-hybridized carbons (Fsp3) is 0.500. The molecule has 1 aromatic carbocycles. The number of ether oxygens (including phenoxy) is 2. The third-order valence-corrected chi connectivity index (χ3v) is 5.97. The third kappa shape index (κ3) is 4.17. The summed E-state index contributed by atoms with van der Waals surface area (Å²) in [5.74, 6) is -0.323. The van der Waals surface area contributed by atoms with Crippen molar-refractivity contribution in [2.45, 2.75) is 12.5 Å². The Morgan fingerprint density at radius 1 is 1.22 bits per heavy atom. The van der Waals surface area contributed by atoms with Gasteiger partial charge in [-0.15, -0.1) is 0 Å². The first-order valence-electron chi connectivity index (χ1n) is 7.67. The summed E-state index contributed by atoms with van der Waals surface area (Å²) in [7, 11) is -3.37. The molecule has 2 heterocycles. The van der Waals surface area contributed by atoms with Crippen molar-refractivity contribution in [1.82, 2.24) is 4.31 Å². The molecule has 1 atom stereocenters. The van der Waals surface area contributed by atoms with Gasteiger partial charge in [0.1, 0.15) is 5.82 Å². The molecule has 2 aliphatic heterocycles. The second kappa shape index (κ2) is 7.09. The number of sulfonamides is 1. The largest absolute Gasteiger partial charge is 0.376 e. The van der Waals surface area contributed by atoms with Crippen molar-refractivity contribution in [2.24, 2.45) is 0 Å². The molecule has 0 amide bonds. The van der Waals surface area contributed by atoms with E-state index >= 15 is 0 Å². The molecule has 0 aliphatic carbocycles. The minimum absolute atomic E-state index is 0.0489. The number of benzene rings is 1. The molecule has 0 saturated carbocycles. The van der Waals surface area contributed by atoms with Gasteiger partial charge in [-0.3, -0.25) is 0 Å². The average molecular weight is 341 g/mol. The third-order valence-electron chi connectivity index (χ3n) is 4.06. The van der Waals surface area contributed by atoms with E-state index in [0.29, 0.717) is 39.3 Å². The highest BCUT2D eigenvalue weighted by Gasteiger charge is 2.29. The average Bonchev–Trinajstić information content (AvgIpc) is 2.56. The van der Waals surface area contributed by atoms with Gasteiger partial charge in [0, 0.05) is 13.1 Å². The molecule has 0 aromatic heterocycles. The zero-order chi connectivity index (χ0) is 16.3. The highest BCUT2D eigenvalue weighted by Crippen LogP contribution is 2.24. The Bertz CT molecular complexity index is 666. The summed E-state index contributed by atoms with van der Waals surface area (Å²) in [5, 5.41) is 0. The van der Waals surface area contributed by atoms with Gasteiger partial charge in [0.2, 0.25) is 10.0 Å². The van der Waals surface area contributed by atoms with Crippen LogP contribution < -0.4 is 0 Å². The smallest absolute Gasteiger partial charge is 0.217 e. The second-order valence-electron chi connectivity index (χ2n) is 5.69. The molecule has 0 bridgehead atoms. The molecule has 5 nitrogen and oxygen atoms in total. The number of hydrogen-bond acceptors (Lipinski definition) is 4. The predicted octanol–water partition coefficient (Wildman–Crippen LogP) is 1.66. The zero-order valence-electron chi connectivity index (χ0n) is 12.8. The van der Waals surface area contributed by atoms with E-state index in [1.807, 2.05) is 6.08 Å². The highest BCUT2D eigenvalue weighted by atomic mass is 32.2. The minimum Gasteiger partial charge on any atom is -0.376 e. The Hall–Kier alpha value is -1.28. The van der Waals surface area contributed by atoms with Gasteiger partial charge >= 0.3 is 0 Å². The quantitative estimate of drug-likeness (QED) is 0.836. The maximum Gasteiger partial charge on any atom is 0.217 e. The van der Waals surface area contributed by atoms with Crippen molar-refractivity contribution in [3.63, 3.8) is 0 Å². The topological polar surface area (TPSA) is 55.8 Å². The molecule has 0 radical (unpaired) electrons. The van der Waals surface area contributed by atoms with Gasteiger partial charge in [-0.1, -0.05) is 18.2 Å². The maximum absolute atomic E-state index is 13.0. The van der Waals surface area contributed by atoms with Crippen molar-refractivity contribution >= 4 is 15.6 Å². The van der Waals surface area contributed by atoms with Gasteiger partial charge in [-0.05, 0) is 29.7 Å². The predicted molar refractivity (Wildman–Crippen MR) is 84.9 cm³/mol. The highest BCUT2D eigenvalue weighted by molar-refractivity contribution is 7.89. The van der Waals surface area contributed by atoms with E-state index in [2.05, 4.69) is 0 Å². The lowest BCUT2D eigenvalue weighted by Gasteiger charge is -2.29. The van der Waals surface area contributed by atoms with Gasteiger partial charge in [0.25, 0.3) is 0 Å². The molecule has 1 saturated heterocycles. The second-order valence-corrected chi connectivity index (χ2v) is 7.70. The van der Waals surface area contributed by atoms with E-state index in [1.165, 1.54) is 16.4 Å². The molecule has 0 spiro atoms. The van der Waals surface area contributed by atoms with Crippen molar-refractivity contribution in [2.75, 3.05) is 38.7 Å². The van der Waals surface area contributed by atoms with Gasteiger partial charge in [0.15, 0.2) is 0 Å². The maximum atomic E-state index is 13.0. The lowest BCUT2D eigenvalue weighted by molar-refractivity contribution is -0.0785. The van der Waals surface area contributed by atoms with Gasteiger partial charge in [-0.25, -0.2) is 12.8 Å². The van der Waals surface area contributed by atoms with E-state index in [9.17, 15) is 12.8 Å². The van der Waals surface area contributed by atoms with Crippen LogP contribution in [0.3, 0.4) is 0 Å². The summed E-state index contributed by atoms with van der Waals surface area (Å²) in [6.45, 7) is 2.05. The fourth-order valence-electron chi connectivity index (χ4n) is 2.80. The van der Waals surface area contributed by atoms with Gasteiger partial charge < -0.3 is 9.47 Å². The standard InChI is InChI=1S/C16H20FNO4S/c17-15-3-1-13(2-4-15)14-5-7-18(8-6-14)23(19,20)12-16-11-21-9-10-22-16/h1-5,16H,6-12H2. The monoisotopic (exact) mass is 341 g/mol. The van der Waals surface area contributed by atoms with E-state index in [-0.39, 0.29) is 11.6 Å². The van der Waals surface area contributed by atoms with Crippen molar-refractivity contribution in [1.29, 1.82) is 0 Å². The van der Waals surface area contributed by atoms with E-state index < -0.39 is 16.1 Å². The Morgan fingerprint density at radius 3 is 2.61 bits per heavy atom. The van der Waals surface area contributed by atoms with Crippen molar-refractivity contribution < 1.29 is 22.3 Å². The van der Waals surface area contributed by atoms with Crippen LogP contribution in [0, 0.1) is 5.82 Å². The number of halogens is 1. The number of rotatable bonds is 4. The Balaban J connectivity index is 1.63. The SMILES string of the molecule is O=S(=O)(CC1COCCO1)N1CC=C(c2ccc(F)cc2)CC1. The van der Waals surface area contributed by atoms with Crippen LogP contribution in [0.15, 0.2) is 30.3 Å². The Kier molecular flexibility index (Phi) is 5.11.